The van der Waals surface area contributed by atoms with E-state index in [4.69, 9.17) is 0 Å². The Labute approximate surface area is 94.7 Å². The monoisotopic (exact) mass is 216 g/mol. The van der Waals surface area contributed by atoms with E-state index in [1.807, 2.05) is 30.2 Å². The summed E-state index contributed by atoms with van der Waals surface area (Å²) in [6.45, 7) is 4.53. The highest BCUT2D eigenvalue weighted by Gasteiger charge is 2.46. The summed E-state index contributed by atoms with van der Waals surface area (Å²) >= 11 is 0. The van der Waals surface area contributed by atoms with Crippen LogP contribution < -0.4 is 5.32 Å². The number of anilines is 1. The maximum atomic E-state index is 4.38. The number of hydrogen-bond donors (Lipinski definition) is 1. The molecule has 16 heavy (non-hydrogen) atoms. The largest absolute Gasteiger partial charge is 0.365 e. The zero-order chi connectivity index (χ0) is 11.3. The van der Waals surface area contributed by atoms with Crippen LogP contribution in [-0.2, 0) is 7.05 Å². The molecule has 4 heteroatoms. The first-order valence-corrected chi connectivity index (χ1v) is 5.60. The summed E-state index contributed by atoms with van der Waals surface area (Å²) < 4.78 is 2.01. The number of imidazole rings is 1. The molecular weight excluding hydrogens is 200 g/mol. The first-order valence-electron chi connectivity index (χ1n) is 5.60. The molecule has 1 N–H and O–H groups in total. The van der Waals surface area contributed by atoms with E-state index in [1.165, 1.54) is 6.42 Å². The fourth-order valence-electron chi connectivity index (χ4n) is 2.05. The quantitative estimate of drug-likeness (QED) is 0.836. The minimum atomic E-state index is 0.401. The second-order valence-corrected chi connectivity index (χ2v) is 5.27. The summed E-state index contributed by atoms with van der Waals surface area (Å²) in [4.78, 5) is 8.76. The van der Waals surface area contributed by atoms with Crippen molar-refractivity contribution in [2.45, 2.75) is 26.3 Å². The number of pyridine rings is 1. The molecule has 0 aromatic carbocycles. The minimum Gasteiger partial charge on any atom is -0.365 e. The van der Waals surface area contributed by atoms with Crippen LogP contribution in [0.25, 0.3) is 11.0 Å². The average molecular weight is 216 g/mol. The molecule has 2 heterocycles. The van der Waals surface area contributed by atoms with Crippen molar-refractivity contribution in [1.82, 2.24) is 14.5 Å². The summed E-state index contributed by atoms with van der Waals surface area (Å²) in [6.07, 6.45) is 4.87. The Hall–Kier alpha value is -1.58. The van der Waals surface area contributed by atoms with Crippen molar-refractivity contribution in [2.75, 3.05) is 5.32 Å². The van der Waals surface area contributed by atoms with Gasteiger partial charge in [0, 0.05) is 19.3 Å². The van der Waals surface area contributed by atoms with Gasteiger partial charge in [-0.1, -0.05) is 13.8 Å². The highest BCUT2D eigenvalue weighted by Crippen LogP contribution is 2.46. The van der Waals surface area contributed by atoms with Crippen molar-refractivity contribution < 1.29 is 0 Å². The topological polar surface area (TPSA) is 42.7 Å². The van der Waals surface area contributed by atoms with Crippen LogP contribution in [0.15, 0.2) is 18.6 Å². The molecule has 0 radical (unpaired) electrons. The number of hydrogen-bond acceptors (Lipinski definition) is 3. The van der Waals surface area contributed by atoms with Gasteiger partial charge in [-0.3, -0.25) is 0 Å². The SMILES string of the molecule is Cn1cnc2c(NC3CC3(C)C)nccc21. The summed E-state index contributed by atoms with van der Waals surface area (Å²) in [5, 5.41) is 3.48. The molecule has 0 spiro atoms. The molecule has 2 aromatic rings. The van der Waals surface area contributed by atoms with Crippen molar-refractivity contribution in [3.05, 3.63) is 18.6 Å². The molecule has 0 saturated heterocycles. The third-order valence-electron chi connectivity index (χ3n) is 3.47. The average Bonchev–Trinajstić information content (AvgIpc) is 2.67. The number of fused-ring (bicyclic) bond motifs is 1. The van der Waals surface area contributed by atoms with Gasteiger partial charge in [0.15, 0.2) is 5.82 Å². The van der Waals surface area contributed by atoms with Crippen LogP contribution in [0.4, 0.5) is 5.82 Å². The van der Waals surface area contributed by atoms with Crippen LogP contribution in [0.2, 0.25) is 0 Å². The lowest BCUT2D eigenvalue weighted by Gasteiger charge is -2.07. The molecule has 84 valence electrons. The van der Waals surface area contributed by atoms with Crippen molar-refractivity contribution in [3.8, 4) is 0 Å². The highest BCUT2D eigenvalue weighted by atomic mass is 15.1. The summed E-state index contributed by atoms with van der Waals surface area (Å²) in [5.41, 5.74) is 2.49. The lowest BCUT2D eigenvalue weighted by molar-refractivity contribution is 0.630. The van der Waals surface area contributed by atoms with E-state index < -0.39 is 0 Å². The molecule has 1 saturated carbocycles. The van der Waals surface area contributed by atoms with Crippen LogP contribution >= 0.6 is 0 Å². The van der Waals surface area contributed by atoms with Gasteiger partial charge in [0.1, 0.15) is 5.52 Å². The maximum absolute atomic E-state index is 4.38. The van der Waals surface area contributed by atoms with Crippen LogP contribution in [0.1, 0.15) is 20.3 Å². The van der Waals surface area contributed by atoms with Crippen molar-refractivity contribution >= 4 is 16.9 Å². The Morgan fingerprint density at radius 2 is 2.19 bits per heavy atom. The summed E-state index contributed by atoms with van der Waals surface area (Å²) in [5.74, 6) is 0.911. The predicted octanol–water partition coefficient (Wildman–Crippen LogP) is 2.18. The van der Waals surface area contributed by atoms with Crippen molar-refractivity contribution in [3.63, 3.8) is 0 Å². The van der Waals surface area contributed by atoms with E-state index in [1.54, 1.807) is 0 Å². The second kappa shape index (κ2) is 2.97. The van der Waals surface area contributed by atoms with Crippen LogP contribution in [0, 0.1) is 5.41 Å². The highest BCUT2D eigenvalue weighted by molar-refractivity contribution is 5.86. The molecule has 1 aliphatic carbocycles. The van der Waals surface area contributed by atoms with Gasteiger partial charge < -0.3 is 9.88 Å². The zero-order valence-corrected chi connectivity index (χ0v) is 9.86. The van der Waals surface area contributed by atoms with Gasteiger partial charge >= 0.3 is 0 Å². The van der Waals surface area contributed by atoms with E-state index in [2.05, 4.69) is 29.1 Å². The fraction of sp³-hybridized carbons (Fsp3) is 0.500. The number of nitrogens with one attached hydrogen (secondary N) is 1. The smallest absolute Gasteiger partial charge is 0.154 e. The molecule has 2 aromatic heterocycles. The molecule has 1 atom stereocenters. The number of aryl methyl sites for hydroxylation is 1. The lowest BCUT2D eigenvalue weighted by atomic mass is 10.2. The van der Waals surface area contributed by atoms with Crippen LogP contribution in [0.5, 0.6) is 0 Å². The Morgan fingerprint density at radius 1 is 1.44 bits per heavy atom. The molecule has 4 nitrogen and oxygen atoms in total. The van der Waals surface area contributed by atoms with Gasteiger partial charge in [-0.05, 0) is 17.9 Å². The van der Waals surface area contributed by atoms with Gasteiger partial charge in [0.2, 0.25) is 0 Å². The number of aromatic nitrogens is 3. The number of nitrogens with zero attached hydrogens (tertiary/aromatic N) is 3. The van der Waals surface area contributed by atoms with Gasteiger partial charge in [-0.2, -0.15) is 0 Å². The fourth-order valence-corrected chi connectivity index (χ4v) is 2.05. The third-order valence-corrected chi connectivity index (χ3v) is 3.47. The molecule has 1 unspecified atom stereocenters. The Bertz CT molecular complexity index is 541. The standard InChI is InChI=1S/C12H16N4/c1-12(2)6-9(12)15-11-10-8(4-5-13-11)16(3)7-14-10/h4-5,7,9H,6H2,1-3H3,(H,13,15). The van der Waals surface area contributed by atoms with Gasteiger partial charge in [-0.15, -0.1) is 0 Å². The Kier molecular flexibility index (Phi) is 1.79. The zero-order valence-electron chi connectivity index (χ0n) is 9.86. The summed E-state index contributed by atoms with van der Waals surface area (Å²) in [6, 6.07) is 2.53. The molecule has 0 amide bonds. The second-order valence-electron chi connectivity index (χ2n) is 5.27. The van der Waals surface area contributed by atoms with Crippen LogP contribution in [-0.4, -0.2) is 20.6 Å². The first kappa shape index (κ1) is 9.63. The molecule has 0 bridgehead atoms. The van der Waals surface area contributed by atoms with Crippen LogP contribution in [0.3, 0.4) is 0 Å². The van der Waals surface area contributed by atoms with E-state index in [0.717, 1.165) is 16.9 Å². The normalized spacial score (nSPS) is 22.3. The molecule has 3 rings (SSSR count). The van der Waals surface area contributed by atoms with Gasteiger partial charge in [0.05, 0.1) is 11.8 Å². The molecule has 0 aliphatic heterocycles. The third kappa shape index (κ3) is 1.37. The summed E-state index contributed by atoms with van der Waals surface area (Å²) in [7, 11) is 2.00. The molecular formula is C12H16N4. The number of rotatable bonds is 2. The van der Waals surface area contributed by atoms with Gasteiger partial charge in [0.25, 0.3) is 0 Å². The molecule has 1 aliphatic rings. The van der Waals surface area contributed by atoms with Crippen molar-refractivity contribution in [2.24, 2.45) is 12.5 Å². The van der Waals surface area contributed by atoms with E-state index in [9.17, 15) is 0 Å². The lowest BCUT2D eigenvalue weighted by Crippen LogP contribution is -2.10. The maximum Gasteiger partial charge on any atom is 0.154 e. The Balaban J connectivity index is 1.98. The van der Waals surface area contributed by atoms with Crippen molar-refractivity contribution in [1.29, 1.82) is 0 Å². The first-order chi connectivity index (χ1) is 7.58. The Morgan fingerprint density at radius 3 is 2.88 bits per heavy atom. The minimum absolute atomic E-state index is 0.401. The van der Waals surface area contributed by atoms with Gasteiger partial charge in [-0.25, -0.2) is 9.97 Å². The van der Waals surface area contributed by atoms with E-state index >= 15 is 0 Å². The predicted molar refractivity (Wildman–Crippen MR) is 64.3 cm³/mol. The molecule has 1 fully saturated rings. The van der Waals surface area contributed by atoms with E-state index in [0.29, 0.717) is 11.5 Å². The van der Waals surface area contributed by atoms with E-state index in [-0.39, 0.29) is 0 Å².